The topological polar surface area (TPSA) is 60.0 Å². The van der Waals surface area contributed by atoms with Crippen molar-refractivity contribution in [3.63, 3.8) is 0 Å². The van der Waals surface area contributed by atoms with Gasteiger partial charge in [-0.1, -0.05) is 32.6 Å². The van der Waals surface area contributed by atoms with Crippen LogP contribution < -0.4 is 16.0 Å². The Bertz CT molecular complexity index is 940. The molecule has 0 aliphatic carbocycles. The van der Waals surface area contributed by atoms with Gasteiger partial charge >= 0.3 is 0 Å². The number of aryl methyl sites for hydroxylation is 1. The summed E-state index contributed by atoms with van der Waals surface area (Å²) in [4.78, 5) is 8.70. The number of hydrogen-bond acceptors (Lipinski definition) is 4. The first-order valence-electron chi connectivity index (χ1n) is 8.65. The van der Waals surface area contributed by atoms with Crippen LogP contribution in [0.15, 0.2) is 41.8 Å². The van der Waals surface area contributed by atoms with E-state index in [1.165, 1.54) is 5.57 Å². The van der Waals surface area contributed by atoms with E-state index in [-0.39, 0.29) is 0 Å². The molecule has 6 heteroatoms. The molecule has 0 radical (unpaired) electrons. The van der Waals surface area contributed by atoms with E-state index in [4.69, 9.17) is 4.98 Å². The SMILES string of the molecule is C=N/C=c1/nc(CC(=C)Nc2cnn(C)c2)n(C)/c1=C(\C=C/C)C(C)C. The van der Waals surface area contributed by atoms with Crippen molar-refractivity contribution in [3.05, 3.63) is 53.3 Å². The Hall–Kier alpha value is -2.89. The van der Waals surface area contributed by atoms with Gasteiger partial charge < -0.3 is 9.88 Å². The second-order valence-corrected chi connectivity index (χ2v) is 6.55. The van der Waals surface area contributed by atoms with Gasteiger partial charge in [-0.2, -0.15) is 5.10 Å². The van der Waals surface area contributed by atoms with Crippen LogP contribution >= 0.6 is 0 Å². The van der Waals surface area contributed by atoms with Gasteiger partial charge in [-0.05, 0) is 25.1 Å². The highest BCUT2D eigenvalue weighted by molar-refractivity contribution is 5.57. The summed E-state index contributed by atoms with van der Waals surface area (Å²) < 4.78 is 3.86. The van der Waals surface area contributed by atoms with Crippen molar-refractivity contribution in [2.75, 3.05) is 5.32 Å². The zero-order valence-corrected chi connectivity index (χ0v) is 16.3. The smallest absolute Gasteiger partial charge is 0.115 e. The average molecular weight is 352 g/mol. The third kappa shape index (κ3) is 4.39. The number of anilines is 1. The van der Waals surface area contributed by atoms with Gasteiger partial charge in [0.2, 0.25) is 0 Å². The third-order valence-electron chi connectivity index (χ3n) is 4.07. The minimum absolute atomic E-state index is 0.364. The van der Waals surface area contributed by atoms with Gasteiger partial charge in [0.25, 0.3) is 0 Å². The van der Waals surface area contributed by atoms with Crippen LogP contribution in [0.25, 0.3) is 11.8 Å². The molecule has 138 valence electrons. The molecule has 2 aromatic rings. The molecular formula is C20H28N6. The molecule has 0 unspecified atom stereocenters. The molecule has 0 amide bonds. The lowest BCUT2D eigenvalue weighted by atomic mass is 10.0. The van der Waals surface area contributed by atoms with Gasteiger partial charge in [0.1, 0.15) is 11.2 Å². The largest absolute Gasteiger partial charge is 0.356 e. The summed E-state index contributed by atoms with van der Waals surface area (Å²) >= 11 is 0. The molecule has 2 heterocycles. The first kappa shape index (κ1) is 19.4. The minimum atomic E-state index is 0.364. The molecule has 0 aliphatic heterocycles. The summed E-state index contributed by atoms with van der Waals surface area (Å²) in [7, 11) is 3.91. The van der Waals surface area contributed by atoms with E-state index >= 15 is 0 Å². The first-order chi connectivity index (χ1) is 12.4. The second kappa shape index (κ2) is 8.47. The number of hydrogen-bond donors (Lipinski definition) is 1. The Kier molecular flexibility index (Phi) is 6.33. The van der Waals surface area contributed by atoms with Gasteiger partial charge in [-0.3, -0.25) is 9.67 Å². The van der Waals surface area contributed by atoms with Crippen LogP contribution in [0, 0.1) is 5.92 Å². The number of aliphatic imine (C=N–C) groups is 1. The Morgan fingerprint density at radius 2 is 2.12 bits per heavy atom. The lowest BCUT2D eigenvalue weighted by Crippen LogP contribution is -2.32. The molecule has 0 atom stereocenters. The van der Waals surface area contributed by atoms with Crippen molar-refractivity contribution in [1.29, 1.82) is 0 Å². The Morgan fingerprint density at radius 1 is 1.38 bits per heavy atom. The molecule has 6 nitrogen and oxygen atoms in total. The van der Waals surface area contributed by atoms with E-state index in [1.54, 1.807) is 17.1 Å². The average Bonchev–Trinajstić information content (AvgIpc) is 3.09. The molecule has 2 aromatic heterocycles. The lowest BCUT2D eigenvalue weighted by molar-refractivity contribution is 0.767. The van der Waals surface area contributed by atoms with E-state index < -0.39 is 0 Å². The summed E-state index contributed by atoms with van der Waals surface area (Å²) in [5, 5.41) is 9.33. The Labute approximate surface area is 155 Å². The molecule has 0 saturated heterocycles. The van der Waals surface area contributed by atoms with Gasteiger partial charge in [0.05, 0.1) is 23.4 Å². The van der Waals surface area contributed by atoms with Gasteiger partial charge in [0.15, 0.2) is 0 Å². The van der Waals surface area contributed by atoms with Crippen molar-refractivity contribution in [3.8, 4) is 0 Å². The van der Waals surface area contributed by atoms with Gasteiger partial charge in [0, 0.05) is 32.4 Å². The maximum atomic E-state index is 4.77. The fourth-order valence-electron chi connectivity index (χ4n) is 2.89. The predicted octanol–water partition coefficient (Wildman–Crippen LogP) is 2.14. The van der Waals surface area contributed by atoms with Crippen molar-refractivity contribution >= 4 is 24.2 Å². The van der Waals surface area contributed by atoms with Crippen molar-refractivity contribution in [2.45, 2.75) is 27.2 Å². The van der Waals surface area contributed by atoms with Crippen LogP contribution in [-0.4, -0.2) is 26.0 Å². The van der Waals surface area contributed by atoms with Crippen LogP contribution in [-0.2, 0) is 20.5 Å². The molecule has 0 aliphatic rings. The van der Waals surface area contributed by atoms with Crippen LogP contribution in [0.2, 0.25) is 0 Å². The molecule has 2 rings (SSSR count). The van der Waals surface area contributed by atoms with Crippen LogP contribution in [0.4, 0.5) is 5.69 Å². The van der Waals surface area contributed by atoms with Crippen LogP contribution in [0.5, 0.6) is 0 Å². The standard InChI is InChI=1S/C20H28N6/c1-8-9-17(14(2)3)20-18(12-21-5)24-19(26(20)7)10-15(4)23-16-11-22-25(6)13-16/h8-9,11-14,23H,4-5,10H2,1-3,6-7H3/b9-8-,18-12+,20-17+. The Morgan fingerprint density at radius 3 is 2.65 bits per heavy atom. The fourth-order valence-corrected chi connectivity index (χ4v) is 2.89. The molecule has 0 aromatic carbocycles. The quantitative estimate of drug-likeness (QED) is 0.777. The highest BCUT2D eigenvalue weighted by atomic mass is 15.3. The molecule has 26 heavy (non-hydrogen) atoms. The second-order valence-electron chi connectivity index (χ2n) is 6.55. The van der Waals surface area contributed by atoms with E-state index in [2.05, 4.69) is 59.3 Å². The third-order valence-corrected chi connectivity index (χ3v) is 4.07. The van der Waals surface area contributed by atoms with E-state index in [0.29, 0.717) is 12.3 Å². The lowest BCUT2D eigenvalue weighted by Gasteiger charge is -2.10. The summed E-state index contributed by atoms with van der Waals surface area (Å²) in [6, 6.07) is 0. The zero-order chi connectivity index (χ0) is 19.3. The number of nitrogens with one attached hydrogen (secondary N) is 1. The fraction of sp³-hybridized carbons (Fsp3) is 0.350. The summed E-state index contributed by atoms with van der Waals surface area (Å²) in [5.74, 6) is 1.28. The van der Waals surface area contributed by atoms with Crippen molar-refractivity contribution < 1.29 is 0 Å². The van der Waals surface area contributed by atoms with E-state index in [9.17, 15) is 0 Å². The zero-order valence-electron chi connectivity index (χ0n) is 16.3. The number of aromatic nitrogens is 4. The van der Waals surface area contributed by atoms with Gasteiger partial charge in [-0.15, -0.1) is 0 Å². The van der Waals surface area contributed by atoms with Crippen molar-refractivity contribution in [1.82, 2.24) is 19.3 Å². The first-order valence-corrected chi connectivity index (χ1v) is 8.65. The molecule has 0 spiro atoms. The van der Waals surface area contributed by atoms with Crippen LogP contribution in [0.3, 0.4) is 0 Å². The number of allylic oxidation sites excluding steroid dienone is 3. The molecule has 0 saturated carbocycles. The summed E-state index contributed by atoms with van der Waals surface area (Å²) in [6.45, 7) is 14.1. The summed E-state index contributed by atoms with van der Waals surface area (Å²) in [6.07, 6.45) is 10.2. The predicted molar refractivity (Wildman–Crippen MR) is 109 cm³/mol. The monoisotopic (exact) mass is 352 g/mol. The highest BCUT2D eigenvalue weighted by Crippen LogP contribution is 2.12. The minimum Gasteiger partial charge on any atom is -0.356 e. The summed E-state index contributed by atoms with van der Waals surface area (Å²) in [5.41, 5.74) is 2.98. The Balaban J connectivity index is 2.46. The molecule has 0 fully saturated rings. The number of nitrogens with zero attached hydrogens (tertiary/aromatic N) is 5. The molecular weight excluding hydrogens is 324 g/mol. The maximum absolute atomic E-state index is 4.77. The maximum Gasteiger partial charge on any atom is 0.115 e. The van der Waals surface area contributed by atoms with E-state index in [1.807, 2.05) is 27.2 Å². The number of rotatable bonds is 7. The van der Waals surface area contributed by atoms with Crippen LogP contribution in [0.1, 0.15) is 26.6 Å². The van der Waals surface area contributed by atoms with Crippen molar-refractivity contribution in [2.24, 2.45) is 25.0 Å². The highest BCUT2D eigenvalue weighted by Gasteiger charge is 2.11. The molecule has 1 N–H and O–H groups in total. The van der Waals surface area contributed by atoms with Gasteiger partial charge in [-0.25, -0.2) is 4.98 Å². The normalized spacial score (nSPS) is 13.5. The molecule has 0 bridgehead atoms. The number of imidazole rings is 1. The van der Waals surface area contributed by atoms with E-state index in [0.717, 1.165) is 27.9 Å².